The van der Waals surface area contributed by atoms with Crippen LogP contribution in [-0.2, 0) is 10.0 Å². The number of unbranched alkanes of at least 4 members (excludes halogenated alkanes) is 3. The van der Waals surface area contributed by atoms with Crippen molar-refractivity contribution in [1.29, 1.82) is 0 Å². The van der Waals surface area contributed by atoms with Crippen molar-refractivity contribution in [2.75, 3.05) is 13.7 Å². The van der Waals surface area contributed by atoms with Crippen molar-refractivity contribution in [3.8, 4) is 5.75 Å². The molecule has 0 aliphatic heterocycles. The Bertz CT molecular complexity index is 586. The monoisotopic (exact) mass is 316 g/mol. The Kier molecular flexibility index (Phi) is 6.57. The second-order valence-corrected chi connectivity index (χ2v) is 6.29. The standard InChI is InChI=1S/C13H20N2O5S/c1-3-4-5-6-9-14-21(18,19)13-8-7-11(15(16)17)10-12(13)20-2/h7-8,10,14H,3-6,9H2,1-2H3. The number of rotatable bonds is 9. The zero-order valence-corrected chi connectivity index (χ0v) is 13.0. The highest BCUT2D eigenvalue weighted by Crippen LogP contribution is 2.28. The number of ether oxygens (including phenoxy) is 1. The van der Waals surface area contributed by atoms with Crippen molar-refractivity contribution in [2.45, 2.75) is 37.5 Å². The van der Waals surface area contributed by atoms with E-state index in [1.54, 1.807) is 0 Å². The van der Waals surface area contributed by atoms with Crippen molar-refractivity contribution in [1.82, 2.24) is 4.72 Å². The predicted molar refractivity (Wildman–Crippen MR) is 79.0 cm³/mol. The lowest BCUT2D eigenvalue weighted by molar-refractivity contribution is -0.385. The van der Waals surface area contributed by atoms with Crippen molar-refractivity contribution < 1.29 is 18.1 Å². The zero-order chi connectivity index (χ0) is 15.9. The minimum Gasteiger partial charge on any atom is -0.495 e. The molecule has 0 amide bonds. The van der Waals surface area contributed by atoms with Crippen LogP contribution in [0.2, 0.25) is 0 Å². The van der Waals surface area contributed by atoms with Gasteiger partial charge in [-0.25, -0.2) is 13.1 Å². The molecule has 8 heteroatoms. The van der Waals surface area contributed by atoms with Crippen molar-refractivity contribution in [3.05, 3.63) is 28.3 Å². The summed E-state index contributed by atoms with van der Waals surface area (Å²) in [6.07, 6.45) is 3.84. The van der Waals surface area contributed by atoms with Gasteiger partial charge in [0, 0.05) is 12.6 Å². The van der Waals surface area contributed by atoms with Crippen LogP contribution in [0.25, 0.3) is 0 Å². The Morgan fingerprint density at radius 3 is 2.57 bits per heavy atom. The molecule has 0 fully saturated rings. The van der Waals surface area contributed by atoms with E-state index in [4.69, 9.17) is 4.74 Å². The summed E-state index contributed by atoms with van der Waals surface area (Å²) in [7, 11) is -2.45. The number of non-ortho nitro benzene ring substituents is 1. The van der Waals surface area contributed by atoms with Crippen LogP contribution in [0.4, 0.5) is 5.69 Å². The zero-order valence-electron chi connectivity index (χ0n) is 12.2. The molecule has 0 aromatic heterocycles. The summed E-state index contributed by atoms with van der Waals surface area (Å²) < 4.78 is 31.8. The van der Waals surface area contributed by atoms with Crippen LogP contribution in [0.3, 0.4) is 0 Å². The average molecular weight is 316 g/mol. The van der Waals surface area contributed by atoms with E-state index in [-0.39, 0.29) is 16.3 Å². The molecule has 0 heterocycles. The van der Waals surface area contributed by atoms with Gasteiger partial charge in [-0.2, -0.15) is 0 Å². The molecule has 0 spiro atoms. The number of hydrogen-bond donors (Lipinski definition) is 1. The molecule has 1 N–H and O–H groups in total. The van der Waals surface area contributed by atoms with Gasteiger partial charge in [-0.3, -0.25) is 10.1 Å². The first-order chi connectivity index (χ1) is 9.92. The highest BCUT2D eigenvalue weighted by molar-refractivity contribution is 7.89. The fraction of sp³-hybridized carbons (Fsp3) is 0.538. The molecule has 0 aliphatic rings. The van der Waals surface area contributed by atoms with Gasteiger partial charge in [-0.05, 0) is 12.5 Å². The van der Waals surface area contributed by atoms with Crippen LogP contribution in [-0.4, -0.2) is 27.0 Å². The van der Waals surface area contributed by atoms with Crippen LogP contribution in [0.5, 0.6) is 5.75 Å². The molecule has 0 atom stereocenters. The number of nitro benzene ring substituents is 1. The molecule has 1 aromatic carbocycles. The third kappa shape index (κ3) is 4.98. The van der Waals surface area contributed by atoms with Crippen LogP contribution in [0.1, 0.15) is 32.6 Å². The lowest BCUT2D eigenvalue weighted by atomic mass is 10.2. The summed E-state index contributed by atoms with van der Waals surface area (Å²) >= 11 is 0. The number of nitrogens with one attached hydrogen (secondary N) is 1. The first kappa shape index (κ1) is 17.4. The number of sulfonamides is 1. The minimum absolute atomic E-state index is 0.0368. The molecule has 7 nitrogen and oxygen atoms in total. The predicted octanol–water partition coefficient (Wildman–Crippen LogP) is 2.46. The summed E-state index contributed by atoms with van der Waals surface area (Å²) in [5.74, 6) is -0.0368. The third-order valence-corrected chi connectivity index (χ3v) is 4.47. The average Bonchev–Trinajstić information content (AvgIpc) is 2.46. The fourth-order valence-electron chi connectivity index (χ4n) is 1.83. The van der Waals surface area contributed by atoms with E-state index in [2.05, 4.69) is 11.6 Å². The quantitative estimate of drug-likeness (QED) is 0.428. The van der Waals surface area contributed by atoms with Gasteiger partial charge in [0.25, 0.3) is 5.69 Å². The minimum atomic E-state index is -3.73. The van der Waals surface area contributed by atoms with E-state index in [9.17, 15) is 18.5 Å². The summed E-state index contributed by atoms with van der Waals surface area (Å²) in [5, 5.41) is 10.7. The van der Waals surface area contributed by atoms with Crippen molar-refractivity contribution >= 4 is 15.7 Å². The van der Waals surface area contributed by atoms with E-state index < -0.39 is 14.9 Å². The second-order valence-electron chi connectivity index (χ2n) is 4.55. The van der Waals surface area contributed by atoms with Crippen molar-refractivity contribution in [3.63, 3.8) is 0 Å². The molecule has 0 saturated heterocycles. The van der Waals surface area contributed by atoms with Gasteiger partial charge in [-0.15, -0.1) is 0 Å². The van der Waals surface area contributed by atoms with E-state index in [0.29, 0.717) is 6.54 Å². The summed E-state index contributed by atoms with van der Waals surface area (Å²) in [4.78, 5) is 10.00. The highest BCUT2D eigenvalue weighted by Gasteiger charge is 2.21. The van der Waals surface area contributed by atoms with E-state index in [0.717, 1.165) is 37.8 Å². The lowest BCUT2D eigenvalue weighted by Crippen LogP contribution is -2.25. The molecular weight excluding hydrogens is 296 g/mol. The van der Waals surface area contributed by atoms with Crippen LogP contribution in [0.15, 0.2) is 23.1 Å². The maximum atomic E-state index is 12.2. The first-order valence-electron chi connectivity index (χ1n) is 6.74. The van der Waals surface area contributed by atoms with Gasteiger partial charge in [-0.1, -0.05) is 26.2 Å². The Morgan fingerprint density at radius 1 is 1.29 bits per heavy atom. The third-order valence-electron chi connectivity index (χ3n) is 2.97. The normalized spacial score (nSPS) is 11.3. The lowest BCUT2D eigenvalue weighted by Gasteiger charge is -2.10. The van der Waals surface area contributed by atoms with Gasteiger partial charge in [0.1, 0.15) is 10.6 Å². The smallest absolute Gasteiger partial charge is 0.273 e. The molecule has 1 aromatic rings. The Labute approximate surface area is 124 Å². The molecule has 0 unspecified atom stereocenters. The van der Waals surface area contributed by atoms with Crippen LogP contribution in [0, 0.1) is 10.1 Å². The molecule has 0 saturated carbocycles. The Balaban J connectivity index is 2.85. The van der Waals surface area contributed by atoms with Gasteiger partial charge >= 0.3 is 0 Å². The van der Waals surface area contributed by atoms with Gasteiger partial charge in [0.15, 0.2) is 0 Å². The van der Waals surface area contributed by atoms with Crippen molar-refractivity contribution in [2.24, 2.45) is 0 Å². The topological polar surface area (TPSA) is 98.5 Å². The highest BCUT2D eigenvalue weighted by atomic mass is 32.2. The second kappa shape index (κ2) is 7.94. The first-order valence-corrected chi connectivity index (χ1v) is 8.22. The molecule has 0 aliphatic carbocycles. The van der Waals surface area contributed by atoms with E-state index >= 15 is 0 Å². The number of nitro groups is 1. The number of benzene rings is 1. The largest absolute Gasteiger partial charge is 0.495 e. The molecule has 21 heavy (non-hydrogen) atoms. The molecule has 118 valence electrons. The SMILES string of the molecule is CCCCCCNS(=O)(=O)c1ccc([N+](=O)[O-])cc1OC. The summed E-state index contributed by atoms with van der Waals surface area (Å²) in [6.45, 7) is 2.41. The number of nitrogens with zero attached hydrogens (tertiary/aromatic N) is 1. The molecule has 0 bridgehead atoms. The maximum absolute atomic E-state index is 12.2. The Morgan fingerprint density at radius 2 is 2.00 bits per heavy atom. The number of hydrogen-bond acceptors (Lipinski definition) is 5. The number of methoxy groups -OCH3 is 1. The molecule has 1 rings (SSSR count). The Hall–Kier alpha value is -1.67. The molecule has 0 radical (unpaired) electrons. The fourth-order valence-corrected chi connectivity index (χ4v) is 3.05. The van der Waals surface area contributed by atoms with Gasteiger partial charge in [0.2, 0.25) is 10.0 Å². The van der Waals surface area contributed by atoms with Gasteiger partial charge < -0.3 is 4.74 Å². The van der Waals surface area contributed by atoms with E-state index in [1.165, 1.54) is 13.2 Å². The van der Waals surface area contributed by atoms with Crippen LogP contribution < -0.4 is 9.46 Å². The summed E-state index contributed by atoms with van der Waals surface area (Å²) in [5.41, 5.74) is -0.214. The summed E-state index contributed by atoms with van der Waals surface area (Å²) in [6, 6.07) is 3.44. The van der Waals surface area contributed by atoms with Crippen LogP contribution >= 0.6 is 0 Å². The molecular formula is C13H20N2O5S. The van der Waals surface area contributed by atoms with E-state index in [1.807, 2.05) is 0 Å². The maximum Gasteiger partial charge on any atom is 0.273 e. The van der Waals surface area contributed by atoms with Gasteiger partial charge in [0.05, 0.1) is 18.1 Å².